The molecule has 0 aliphatic carbocycles. The largest absolute Gasteiger partial charge is 0.488 e. The fraction of sp³-hybridized carbons (Fsp3) is 0.235. The van der Waals surface area contributed by atoms with Crippen molar-refractivity contribution < 1.29 is 14.3 Å². The van der Waals surface area contributed by atoms with Crippen molar-refractivity contribution >= 4 is 28.6 Å². The minimum atomic E-state index is -0.642. The van der Waals surface area contributed by atoms with Crippen LogP contribution in [0.1, 0.15) is 11.1 Å². The number of rotatable bonds is 6. The molecule has 0 spiro atoms. The monoisotopic (exact) mass is 411 g/mol. The second kappa shape index (κ2) is 8.14. The van der Waals surface area contributed by atoms with Crippen LogP contribution in [0.25, 0.3) is 0 Å². The number of benzene rings is 2. The number of hydrogen-bond acceptors (Lipinski definition) is 4. The number of carbonyl (C=O) groups excluding carboxylic acids is 1. The molecular weight excluding hydrogens is 393 g/mol. The van der Waals surface area contributed by atoms with Crippen molar-refractivity contribution in [3.05, 3.63) is 63.2 Å². The molecule has 1 atom stereocenters. The maximum Gasteiger partial charge on any atom is 0.322 e. The van der Waals surface area contributed by atoms with E-state index in [0.717, 1.165) is 20.4 Å². The summed E-state index contributed by atoms with van der Waals surface area (Å²) in [6.45, 7) is 0.526. The van der Waals surface area contributed by atoms with Gasteiger partial charge in [-0.1, -0.05) is 36.4 Å². The lowest BCUT2D eigenvalue weighted by Crippen LogP contribution is -2.33. The first-order valence-electron chi connectivity index (χ1n) is 6.88. The van der Waals surface area contributed by atoms with Crippen molar-refractivity contribution in [1.29, 1.82) is 0 Å². The van der Waals surface area contributed by atoms with Crippen LogP contribution in [0.5, 0.6) is 5.75 Å². The van der Waals surface area contributed by atoms with Gasteiger partial charge in [0, 0.05) is 0 Å². The van der Waals surface area contributed by atoms with Gasteiger partial charge in [-0.15, -0.1) is 0 Å². The highest BCUT2D eigenvalue weighted by Gasteiger charge is 2.15. The molecule has 0 aliphatic rings. The number of hydrogen-bond donors (Lipinski definition) is 1. The molecule has 116 valence electrons. The van der Waals surface area contributed by atoms with Gasteiger partial charge in [0.25, 0.3) is 0 Å². The van der Waals surface area contributed by atoms with Gasteiger partial charge in [0.15, 0.2) is 0 Å². The molecule has 2 N–H and O–H groups in total. The standard InChI is InChI=1S/C17H18INO3/c1-21-17(20)15(19)10-13-7-8-16(14(18)9-13)22-11-12-5-3-2-4-6-12/h2-9,15H,10-11,19H2,1H3/t15-/m0/s1. The van der Waals surface area contributed by atoms with Gasteiger partial charge in [0.05, 0.1) is 10.7 Å². The van der Waals surface area contributed by atoms with E-state index in [-0.39, 0.29) is 0 Å². The lowest BCUT2D eigenvalue weighted by atomic mass is 10.1. The number of nitrogens with two attached hydrogens (primary N) is 1. The summed E-state index contributed by atoms with van der Waals surface area (Å²) < 4.78 is 11.4. The van der Waals surface area contributed by atoms with Crippen LogP contribution in [-0.4, -0.2) is 19.1 Å². The molecule has 0 bridgehead atoms. The Morgan fingerprint density at radius 3 is 2.55 bits per heavy atom. The van der Waals surface area contributed by atoms with Gasteiger partial charge in [-0.2, -0.15) is 0 Å². The first kappa shape index (κ1) is 16.8. The number of halogens is 1. The van der Waals surface area contributed by atoms with Crippen molar-refractivity contribution in [3.63, 3.8) is 0 Å². The highest BCUT2D eigenvalue weighted by molar-refractivity contribution is 14.1. The first-order chi connectivity index (χ1) is 10.6. The van der Waals surface area contributed by atoms with Crippen LogP contribution in [0, 0.1) is 3.57 Å². The van der Waals surface area contributed by atoms with E-state index in [2.05, 4.69) is 27.3 Å². The Bertz CT molecular complexity index is 631. The van der Waals surface area contributed by atoms with E-state index in [1.807, 2.05) is 48.5 Å². The molecule has 0 fully saturated rings. The summed E-state index contributed by atoms with van der Waals surface area (Å²) in [5.41, 5.74) is 7.88. The summed E-state index contributed by atoms with van der Waals surface area (Å²) in [7, 11) is 1.34. The van der Waals surface area contributed by atoms with E-state index in [1.165, 1.54) is 7.11 Å². The van der Waals surface area contributed by atoms with E-state index >= 15 is 0 Å². The maximum absolute atomic E-state index is 11.4. The number of methoxy groups -OCH3 is 1. The Balaban J connectivity index is 1.99. The highest BCUT2D eigenvalue weighted by atomic mass is 127. The zero-order chi connectivity index (χ0) is 15.9. The van der Waals surface area contributed by atoms with Crippen molar-refractivity contribution in [2.24, 2.45) is 5.73 Å². The minimum absolute atomic E-state index is 0.403. The maximum atomic E-state index is 11.4. The summed E-state index contributed by atoms with van der Waals surface area (Å²) in [5, 5.41) is 0. The third-order valence-corrected chi connectivity index (χ3v) is 4.04. The van der Waals surface area contributed by atoms with Crippen LogP contribution in [-0.2, 0) is 22.6 Å². The lowest BCUT2D eigenvalue weighted by molar-refractivity contribution is -0.142. The summed E-state index contributed by atoms with van der Waals surface area (Å²) >= 11 is 2.22. The Hall–Kier alpha value is -1.60. The van der Waals surface area contributed by atoms with Gasteiger partial charge in [0.1, 0.15) is 18.4 Å². The zero-order valence-electron chi connectivity index (χ0n) is 12.3. The van der Waals surface area contributed by atoms with Crippen LogP contribution in [0.4, 0.5) is 0 Å². The van der Waals surface area contributed by atoms with Crippen LogP contribution in [0.15, 0.2) is 48.5 Å². The van der Waals surface area contributed by atoms with E-state index in [1.54, 1.807) is 0 Å². The van der Waals surface area contributed by atoms with Gasteiger partial charge >= 0.3 is 5.97 Å². The molecule has 0 aromatic heterocycles. The van der Waals surface area contributed by atoms with E-state index in [9.17, 15) is 4.79 Å². The summed E-state index contributed by atoms with van der Waals surface area (Å²) in [6, 6.07) is 15.2. The fourth-order valence-electron chi connectivity index (χ4n) is 2.01. The SMILES string of the molecule is COC(=O)[C@@H](N)Cc1ccc(OCc2ccccc2)c(I)c1. The zero-order valence-corrected chi connectivity index (χ0v) is 14.4. The van der Waals surface area contributed by atoms with Crippen molar-refractivity contribution in [2.75, 3.05) is 7.11 Å². The van der Waals surface area contributed by atoms with Crippen LogP contribution in [0.3, 0.4) is 0 Å². The second-order valence-electron chi connectivity index (χ2n) is 4.87. The van der Waals surface area contributed by atoms with E-state index < -0.39 is 12.0 Å². The van der Waals surface area contributed by atoms with Gasteiger partial charge < -0.3 is 15.2 Å². The average Bonchev–Trinajstić information content (AvgIpc) is 2.54. The average molecular weight is 411 g/mol. The molecule has 2 rings (SSSR count). The normalized spacial score (nSPS) is 11.8. The number of carbonyl (C=O) groups is 1. The Kier molecular flexibility index (Phi) is 6.21. The lowest BCUT2D eigenvalue weighted by Gasteiger charge is -2.12. The molecule has 2 aromatic carbocycles. The quantitative estimate of drug-likeness (QED) is 0.587. The number of ether oxygens (including phenoxy) is 2. The molecule has 5 heteroatoms. The molecule has 4 nitrogen and oxygen atoms in total. The summed E-state index contributed by atoms with van der Waals surface area (Å²) in [5.74, 6) is 0.416. The predicted octanol–water partition coefficient (Wildman–Crippen LogP) is 2.91. The molecular formula is C17H18INO3. The second-order valence-corrected chi connectivity index (χ2v) is 6.04. The number of esters is 1. The first-order valence-corrected chi connectivity index (χ1v) is 7.96. The third kappa shape index (κ3) is 4.71. The Labute approximate surface area is 143 Å². The fourth-order valence-corrected chi connectivity index (χ4v) is 2.75. The molecule has 22 heavy (non-hydrogen) atoms. The molecule has 0 amide bonds. The summed E-state index contributed by atoms with van der Waals surface area (Å²) in [4.78, 5) is 11.4. The topological polar surface area (TPSA) is 61.5 Å². The smallest absolute Gasteiger partial charge is 0.322 e. The van der Waals surface area contributed by atoms with Crippen molar-refractivity contribution in [1.82, 2.24) is 0 Å². The molecule has 0 aliphatic heterocycles. The van der Waals surface area contributed by atoms with Crippen molar-refractivity contribution in [3.8, 4) is 5.75 Å². The molecule has 0 heterocycles. The predicted molar refractivity (Wildman–Crippen MR) is 93.6 cm³/mol. The summed E-state index contributed by atoms with van der Waals surface area (Å²) in [6.07, 6.45) is 0.446. The molecule has 2 aromatic rings. The highest BCUT2D eigenvalue weighted by Crippen LogP contribution is 2.23. The van der Waals surface area contributed by atoms with Gasteiger partial charge in [-0.05, 0) is 52.3 Å². The third-order valence-electron chi connectivity index (χ3n) is 3.19. The van der Waals surface area contributed by atoms with E-state index in [0.29, 0.717) is 13.0 Å². The van der Waals surface area contributed by atoms with Gasteiger partial charge in [-0.3, -0.25) is 4.79 Å². The molecule has 0 saturated carbocycles. The van der Waals surface area contributed by atoms with Crippen LogP contribution < -0.4 is 10.5 Å². The Morgan fingerprint density at radius 1 is 1.18 bits per heavy atom. The minimum Gasteiger partial charge on any atom is -0.488 e. The van der Waals surface area contributed by atoms with E-state index in [4.69, 9.17) is 10.5 Å². The van der Waals surface area contributed by atoms with Crippen LogP contribution in [0.2, 0.25) is 0 Å². The molecule has 0 radical (unpaired) electrons. The Morgan fingerprint density at radius 2 is 1.91 bits per heavy atom. The van der Waals surface area contributed by atoms with Gasteiger partial charge in [0.2, 0.25) is 0 Å². The van der Waals surface area contributed by atoms with Crippen molar-refractivity contribution in [2.45, 2.75) is 19.1 Å². The molecule has 0 unspecified atom stereocenters. The van der Waals surface area contributed by atoms with Gasteiger partial charge in [-0.25, -0.2) is 0 Å². The van der Waals surface area contributed by atoms with Crippen LogP contribution >= 0.6 is 22.6 Å². The molecule has 0 saturated heterocycles.